The highest BCUT2D eigenvalue weighted by molar-refractivity contribution is 5.93. The van der Waals surface area contributed by atoms with Crippen LogP contribution in [0.2, 0.25) is 0 Å². The summed E-state index contributed by atoms with van der Waals surface area (Å²) in [6.07, 6.45) is 3.21. The van der Waals surface area contributed by atoms with Crippen LogP contribution in [0.15, 0.2) is 65.5 Å². The van der Waals surface area contributed by atoms with Gasteiger partial charge in [-0.05, 0) is 23.8 Å². The molecule has 4 rings (SSSR count). The maximum Gasteiger partial charge on any atom is 0.290 e. The number of furan rings is 1. The first-order chi connectivity index (χ1) is 13.3. The summed E-state index contributed by atoms with van der Waals surface area (Å²) >= 11 is 0. The van der Waals surface area contributed by atoms with Gasteiger partial charge >= 0.3 is 0 Å². The van der Waals surface area contributed by atoms with Gasteiger partial charge in [-0.1, -0.05) is 30.3 Å². The summed E-state index contributed by atoms with van der Waals surface area (Å²) in [5.74, 6) is 0.298. The van der Waals surface area contributed by atoms with E-state index in [0.29, 0.717) is 23.6 Å². The van der Waals surface area contributed by atoms with Gasteiger partial charge in [0.15, 0.2) is 11.5 Å². The Labute approximate surface area is 156 Å². The first kappa shape index (κ1) is 16.5. The van der Waals surface area contributed by atoms with Crippen LogP contribution >= 0.6 is 0 Å². The van der Waals surface area contributed by atoms with E-state index in [9.17, 15) is 4.79 Å². The van der Waals surface area contributed by atoms with Crippen LogP contribution in [0.25, 0.3) is 22.5 Å². The van der Waals surface area contributed by atoms with E-state index in [1.165, 1.54) is 11.2 Å². The molecule has 0 fully saturated rings. The fraction of sp³-hybridized carbons (Fsp3) is 0.100. The van der Waals surface area contributed by atoms with E-state index in [1.54, 1.807) is 18.3 Å². The Morgan fingerprint density at radius 2 is 2.04 bits per heavy atom. The molecule has 1 N–H and O–H groups in total. The van der Waals surface area contributed by atoms with Gasteiger partial charge in [0.2, 0.25) is 0 Å². The van der Waals surface area contributed by atoms with Crippen molar-refractivity contribution in [3.63, 3.8) is 0 Å². The zero-order chi connectivity index (χ0) is 18.6. The van der Waals surface area contributed by atoms with Crippen LogP contribution in [0.3, 0.4) is 0 Å². The number of rotatable bonds is 5. The highest BCUT2D eigenvalue weighted by Gasteiger charge is 2.21. The second-order valence-corrected chi connectivity index (χ2v) is 5.93. The third kappa shape index (κ3) is 3.28. The summed E-state index contributed by atoms with van der Waals surface area (Å²) in [7, 11) is 0. The zero-order valence-corrected chi connectivity index (χ0v) is 14.3. The predicted molar refractivity (Wildman–Crippen MR) is 101 cm³/mol. The number of benzene rings is 1. The van der Waals surface area contributed by atoms with Crippen molar-refractivity contribution < 1.29 is 10.6 Å². The molecule has 134 valence electrons. The van der Waals surface area contributed by atoms with E-state index in [1.807, 2.05) is 42.5 Å². The van der Waals surface area contributed by atoms with Crippen molar-refractivity contribution >= 4 is 16.9 Å². The highest BCUT2D eigenvalue weighted by atomic mass is 16.4. The van der Waals surface area contributed by atoms with E-state index in [-0.39, 0.29) is 19.6 Å². The van der Waals surface area contributed by atoms with Crippen molar-refractivity contribution in [2.75, 3.05) is 6.54 Å². The number of fused-ring (bicyclic) bond motifs is 1. The number of hydrogen-bond acceptors (Lipinski definition) is 5. The molecule has 7 nitrogen and oxygen atoms in total. The fourth-order valence-corrected chi connectivity index (χ4v) is 2.89. The molecule has 0 aliphatic rings. The van der Waals surface area contributed by atoms with Gasteiger partial charge in [0.05, 0.1) is 6.07 Å². The first-order valence-electron chi connectivity index (χ1n) is 8.34. The Hall–Kier alpha value is -3.92. The molecule has 4 aromatic rings. The van der Waals surface area contributed by atoms with Crippen molar-refractivity contribution in [1.29, 1.82) is 5.26 Å². The zero-order valence-electron chi connectivity index (χ0n) is 14.3. The van der Waals surface area contributed by atoms with E-state index in [0.717, 1.165) is 10.9 Å². The number of nitrogens with one attached hydrogen (secondary N) is 1. The third-order valence-corrected chi connectivity index (χ3v) is 4.17. The van der Waals surface area contributed by atoms with E-state index >= 15 is 0 Å². The Balaban J connectivity index is 0.00000225. The van der Waals surface area contributed by atoms with Crippen LogP contribution in [0.1, 0.15) is 17.5 Å². The molecule has 27 heavy (non-hydrogen) atoms. The highest BCUT2D eigenvalue weighted by Crippen LogP contribution is 2.27. The normalized spacial score (nSPS) is 10.6. The Kier molecular flexibility index (Phi) is 4.37. The average molecular weight is 359 g/mol. The van der Waals surface area contributed by atoms with Crippen LogP contribution in [0, 0.1) is 11.3 Å². The number of carbonyl (C=O) groups is 1. The minimum absolute atomic E-state index is 0. The van der Waals surface area contributed by atoms with Crippen molar-refractivity contribution in [1.82, 2.24) is 19.9 Å². The molecule has 0 spiro atoms. The van der Waals surface area contributed by atoms with Gasteiger partial charge in [0, 0.05) is 19.6 Å². The van der Waals surface area contributed by atoms with E-state index in [2.05, 4.69) is 15.0 Å². The first-order valence-corrected chi connectivity index (χ1v) is 8.34. The number of hydrogen-bond donors (Lipinski definition) is 1. The summed E-state index contributed by atoms with van der Waals surface area (Å²) in [6.45, 7) is 0.304. The number of aromatic amines is 1. The van der Waals surface area contributed by atoms with Gasteiger partial charge in [-0.3, -0.25) is 4.79 Å². The molecule has 0 saturated carbocycles. The predicted octanol–water partition coefficient (Wildman–Crippen LogP) is 3.63. The molecule has 0 radical (unpaired) electrons. The van der Waals surface area contributed by atoms with E-state index < -0.39 is 0 Å². The van der Waals surface area contributed by atoms with Crippen LogP contribution in [0.5, 0.6) is 0 Å². The van der Waals surface area contributed by atoms with Gasteiger partial charge in [0.1, 0.15) is 24.2 Å². The average Bonchev–Trinajstić information content (AvgIpc) is 3.37. The van der Waals surface area contributed by atoms with Crippen molar-refractivity contribution in [2.45, 2.75) is 6.54 Å². The molecule has 0 saturated heterocycles. The van der Waals surface area contributed by atoms with Crippen LogP contribution in [-0.2, 0) is 6.54 Å². The minimum atomic E-state index is -0.342. The Bertz CT molecular complexity index is 1130. The molecule has 0 aliphatic carbocycles. The van der Waals surface area contributed by atoms with Crippen molar-refractivity contribution in [2.24, 2.45) is 0 Å². The molecule has 3 heterocycles. The summed E-state index contributed by atoms with van der Waals surface area (Å²) < 4.78 is 5.77. The molecule has 1 aromatic carbocycles. The maximum absolute atomic E-state index is 12.8. The van der Waals surface area contributed by atoms with E-state index in [4.69, 9.17) is 9.68 Å². The lowest BCUT2D eigenvalue weighted by Gasteiger charge is -2.18. The van der Waals surface area contributed by atoms with Crippen molar-refractivity contribution in [3.8, 4) is 17.5 Å². The van der Waals surface area contributed by atoms with Gasteiger partial charge in [0.25, 0.3) is 5.91 Å². The largest absolute Gasteiger partial charge is 0.449 e. The molecule has 0 aliphatic heterocycles. The molecule has 1 amide bonds. The minimum Gasteiger partial charge on any atom is -0.449 e. The molecule has 7 heteroatoms. The molecule has 0 atom stereocenters. The third-order valence-electron chi connectivity index (χ3n) is 4.17. The van der Waals surface area contributed by atoms with Gasteiger partial charge in [-0.2, -0.15) is 5.26 Å². The van der Waals surface area contributed by atoms with Gasteiger partial charge in [-0.25, -0.2) is 9.97 Å². The smallest absolute Gasteiger partial charge is 0.290 e. The van der Waals surface area contributed by atoms with Crippen LogP contribution in [0.4, 0.5) is 0 Å². The number of nitriles is 1. The molecule has 0 unspecified atom stereocenters. The fourth-order valence-electron chi connectivity index (χ4n) is 2.89. The Morgan fingerprint density at radius 1 is 1.19 bits per heavy atom. The van der Waals surface area contributed by atoms with Gasteiger partial charge in [-0.15, -0.1) is 0 Å². The number of amides is 1. The monoisotopic (exact) mass is 359 g/mol. The number of carbonyl (C=O) groups excluding carboxylic acids is 1. The second kappa shape index (κ2) is 7.14. The standard InChI is InChI=1S/C20H15N5O2.H2/c21-9-11-25(12-14-4-2-1-3-5-14)20(26)17-7-6-16(27-17)18-15-8-10-22-19(15)24-13-23-18;/h1-8,10,13H,11-12H2,(H,22,23,24);1H. The summed E-state index contributed by atoms with van der Waals surface area (Å²) in [5.41, 5.74) is 2.24. The second-order valence-electron chi connectivity index (χ2n) is 5.93. The SMILES string of the molecule is N#CCN(Cc1ccccc1)C(=O)c1ccc(-c2ncnc3[nH]ccc23)o1.[HH]. The lowest BCUT2D eigenvalue weighted by atomic mass is 10.2. The molecule has 0 bridgehead atoms. The Morgan fingerprint density at radius 3 is 2.85 bits per heavy atom. The van der Waals surface area contributed by atoms with Crippen molar-refractivity contribution in [3.05, 3.63) is 72.4 Å². The molecule has 3 aromatic heterocycles. The summed E-state index contributed by atoms with van der Waals surface area (Å²) in [5, 5.41) is 9.90. The molecular formula is C20H17N5O2. The number of aromatic nitrogens is 3. The lowest BCUT2D eigenvalue weighted by Crippen LogP contribution is -2.30. The maximum atomic E-state index is 12.8. The number of H-pyrrole nitrogens is 1. The number of nitrogens with zero attached hydrogens (tertiary/aromatic N) is 4. The molecular weight excluding hydrogens is 342 g/mol. The summed E-state index contributed by atoms with van der Waals surface area (Å²) in [6, 6.07) is 16.7. The lowest BCUT2D eigenvalue weighted by molar-refractivity contribution is 0.0734. The topological polar surface area (TPSA) is 98.8 Å². The van der Waals surface area contributed by atoms with Gasteiger partial charge < -0.3 is 14.3 Å². The summed E-state index contributed by atoms with van der Waals surface area (Å²) in [4.78, 5) is 25.7. The quantitative estimate of drug-likeness (QED) is 0.549. The van der Waals surface area contributed by atoms with Crippen LogP contribution in [-0.4, -0.2) is 32.3 Å². The van der Waals surface area contributed by atoms with Crippen LogP contribution < -0.4 is 0 Å².